The van der Waals surface area contributed by atoms with E-state index in [2.05, 4.69) is 23.0 Å². The molecule has 0 N–H and O–H groups in total. The minimum Gasteiger partial charge on any atom is -0.495 e. The molecule has 0 radical (unpaired) electrons. The fraction of sp³-hybridized carbons (Fsp3) is 0.346. The quantitative estimate of drug-likeness (QED) is 0.543. The van der Waals surface area contributed by atoms with Crippen molar-refractivity contribution in [1.82, 2.24) is 14.9 Å². The van der Waals surface area contributed by atoms with E-state index in [1.165, 1.54) is 0 Å². The van der Waals surface area contributed by atoms with E-state index in [4.69, 9.17) is 19.2 Å². The molecule has 4 rings (SSSR count). The van der Waals surface area contributed by atoms with Crippen LogP contribution >= 0.6 is 0 Å². The molecule has 170 valence electrons. The molecule has 1 aromatic heterocycles. The number of benzene rings is 2. The predicted octanol–water partition coefficient (Wildman–Crippen LogP) is 4.10. The highest BCUT2D eigenvalue weighted by Gasteiger charge is 2.20. The maximum atomic E-state index is 9.38. The predicted molar refractivity (Wildman–Crippen MR) is 126 cm³/mol. The smallest absolute Gasteiger partial charge is 0.161 e. The Morgan fingerprint density at radius 2 is 1.76 bits per heavy atom. The summed E-state index contributed by atoms with van der Waals surface area (Å²) in [7, 11) is 5.35. The number of piperidine rings is 1. The van der Waals surface area contributed by atoms with Crippen molar-refractivity contribution in [2.24, 2.45) is 0 Å². The molecule has 1 fully saturated rings. The second-order valence-electron chi connectivity index (χ2n) is 8.17. The molecule has 1 aliphatic heterocycles. The fourth-order valence-electron chi connectivity index (χ4n) is 3.99. The molecule has 7 heteroatoms. The fourth-order valence-corrected chi connectivity index (χ4v) is 3.99. The van der Waals surface area contributed by atoms with Gasteiger partial charge in [-0.1, -0.05) is 6.07 Å². The normalized spacial score (nSPS) is 14.5. The third-order valence-corrected chi connectivity index (χ3v) is 5.87. The lowest BCUT2D eigenvalue weighted by atomic mass is 10.1. The Morgan fingerprint density at radius 3 is 2.48 bits per heavy atom. The van der Waals surface area contributed by atoms with Crippen LogP contribution in [0.1, 0.15) is 29.8 Å². The summed E-state index contributed by atoms with van der Waals surface area (Å²) in [5.74, 6) is 2.73. The second kappa shape index (κ2) is 10.3. The SMILES string of the molecule is COc1ccc(-c2ccnc(Cc3ccc(OC)c(OC4CCN(C)CC4)c3)n2)cc1C#N. The van der Waals surface area contributed by atoms with Gasteiger partial charge in [0.15, 0.2) is 11.5 Å². The summed E-state index contributed by atoms with van der Waals surface area (Å²) < 4.78 is 17.1. The van der Waals surface area contributed by atoms with Crippen molar-refractivity contribution in [3.8, 4) is 34.6 Å². The molecular weight excluding hydrogens is 416 g/mol. The number of rotatable bonds is 7. The molecule has 0 amide bonds. The average molecular weight is 445 g/mol. The van der Waals surface area contributed by atoms with Crippen LogP contribution in [0, 0.1) is 11.3 Å². The lowest BCUT2D eigenvalue weighted by Gasteiger charge is -2.29. The lowest BCUT2D eigenvalue weighted by molar-refractivity contribution is 0.111. The molecule has 0 atom stereocenters. The largest absolute Gasteiger partial charge is 0.495 e. The number of hydrogen-bond acceptors (Lipinski definition) is 7. The van der Waals surface area contributed by atoms with Crippen LogP contribution in [-0.2, 0) is 6.42 Å². The summed E-state index contributed by atoms with van der Waals surface area (Å²) in [6, 6.07) is 15.4. The Morgan fingerprint density at radius 1 is 1.00 bits per heavy atom. The molecule has 2 aromatic carbocycles. The molecule has 1 aliphatic rings. The summed E-state index contributed by atoms with van der Waals surface area (Å²) in [5.41, 5.74) is 3.12. The van der Waals surface area contributed by atoms with Gasteiger partial charge in [-0.2, -0.15) is 5.26 Å². The van der Waals surface area contributed by atoms with Crippen LogP contribution in [0.3, 0.4) is 0 Å². The van der Waals surface area contributed by atoms with E-state index in [0.29, 0.717) is 23.6 Å². The molecule has 0 aliphatic carbocycles. The number of ether oxygens (including phenoxy) is 3. The summed E-state index contributed by atoms with van der Waals surface area (Å²) in [4.78, 5) is 11.5. The molecular formula is C26H28N4O3. The van der Waals surface area contributed by atoms with Crippen LogP contribution in [0.4, 0.5) is 0 Å². The lowest BCUT2D eigenvalue weighted by Crippen LogP contribution is -2.35. The molecule has 2 heterocycles. The Bertz CT molecular complexity index is 1150. The van der Waals surface area contributed by atoms with Gasteiger partial charge in [-0.25, -0.2) is 9.97 Å². The van der Waals surface area contributed by atoms with Crippen molar-refractivity contribution in [3.63, 3.8) is 0 Å². The zero-order chi connectivity index (χ0) is 23.2. The zero-order valence-electron chi connectivity index (χ0n) is 19.2. The van der Waals surface area contributed by atoms with Gasteiger partial charge >= 0.3 is 0 Å². The van der Waals surface area contributed by atoms with Crippen LogP contribution in [0.2, 0.25) is 0 Å². The first-order valence-corrected chi connectivity index (χ1v) is 11.0. The number of methoxy groups -OCH3 is 2. The van der Waals surface area contributed by atoms with Gasteiger partial charge in [0.1, 0.15) is 23.7 Å². The average Bonchev–Trinajstić information content (AvgIpc) is 2.85. The van der Waals surface area contributed by atoms with Crippen LogP contribution in [0.5, 0.6) is 17.2 Å². The van der Waals surface area contributed by atoms with Gasteiger partial charge in [0.2, 0.25) is 0 Å². The van der Waals surface area contributed by atoms with Gasteiger partial charge < -0.3 is 19.1 Å². The maximum Gasteiger partial charge on any atom is 0.161 e. The highest BCUT2D eigenvalue weighted by Crippen LogP contribution is 2.31. The number of hydrogen-bond donors (Lipinski definition) is 0. The van der Waals surface area contributed by atoms with Gasteiger partial charge in [0, 0.05) is 31.3 Å². The van der Waals surface area contributed by atoms with E-state index in [0.717, 1.165) is 54.3 Å². The van der Waals surface area contributed by atoms with Crippen LogP contribution < -0.4 is 14.2 Å². The molecule has 0 spiro atoms. The Balaban J connectivity index is 1.54. The zero-order valence-corrected chi connectivity index (χ0v) is 19.2. The maximum absolute atomic E-state index is 9.38. The number of nitriles is 1. The standard InChI is InChI=1S/C26H28N4O3/c1-30-12-9-21(10-13-30)33-25-14-18(4-6-24(25)32-3)15-26-28-11-8-22(29-26)19-5-7-23(31-2)20(16-19)17-27/h4-8,11,14,16,21H,9-10,12-13,15H2,1-3H3. The van der Waals surface area contributed by atoms with Crippen molar-refractivity contribution in [3.05, 3.63) is 65.6 Å². The topological polar surface area (TPSA) is 80.5 Å². The van der Waals surface area contributed by atoms with Crippen LogP contribution in [0.15, 0.2) is 48.7 Å². The molecule has 1 saturated heterocycles. The van der Waals surface area contributed by atoms with Gasteiger partial charge in [0.05, 0.1) is 25.5 Å². The van der Waals surface area contributed by atoms with Gasteiger partial charge in [-0.3, -0.25) is 0 Å². The molecule has 0 bridgehead atoms. The Kier molecular flexibility index (Phi) is 7.06. The first-order chi connectivity index (χ1) is 16.1. The first kappa shape index (κ1) is 22.6. The highest BCUT2D eigenvalue weighted by atomic mass is 16.5. The van der Waals surface area contributed by atoms with Crippen LogP contribution in [0.25, 0.3) is 11.3 Å². The third-order valence-electron chi connectivity index (χ3n) is 5.87. The summed E-state index contributed by atoms with van der Waals surface area (Å²) >= 11 is 0. The molecule has 0 saturated carbocycles. The summed E-state index contributed by atoms with van der Waals surface area (Å²) in [6.07, 6.45) is 4.49. The molecule has 33 heavy (non-hydrogen) atoms. The van der Waals surface area contributed by atoms with Crippen molar-refractivity contribution >= 4 is 0 Å². The van der Waals surface area contributed by atoms with Crippen molar-refractivity contribution < 1.29 is 14.2 Å². The third kappa shape index (κ3) is 5.41. The van der Waals surface area contributed by atoms with Gasteiger partial charge in [0.25, 0.3) is 0 Å². The van der Waals surface area contributed by atoms with E-state index in [1.807, 2.05) is 30.3 Å². The van der Waals surface area contributed by atoms with Crippen molar-refractivity contribution in [2.45, 2.75) is 25.4 Å². The second-order valence-corrected chi connectivity index (χ2v) is 8.17. The van der Waals surface area contributed by atoms with E-state index < -0.39 is 0 Å². The van der Waals surface area contributed by atoms with Crippen molar-refractivity contribution in [1.29, 1.82) is 5.26 Å². The Hall–Kier alpha value is -3.63. The minimum absolute atomic E-state index is 0.189. The van der Waals surface area contributed by atoms with Gasteiger partial charge in [-0.15, -0.1) is 0 Å². The first-order valence-electron chi connectivity index (χ1n) is 11.0. The number of likely N-dealkylation sites (tertiary alicyclic amines) is 1. The van der Waals surface area contributed by atoms with E-state index in [1.54, 1.807) is 32.5 Å². The van der Waals surface area contributed by atoms with Crippen molar-refractivity contribution in [2.75, 3.05) is 34.4 Å². The van der Waals surface area contributed by atoms with E-state index >= 15 is 0 Å². The van der Waals surface area contributed by atoms with E-state index in [-0.39, 0.29) is 6.10 Å². The summed E-state index contributed by atoms with van der Waals surface area (Å²) in [6.45, 7) is 2.07. The highest BCUT2D eigenvalue weighted by molar-refractivity contribution is 5.64. The molecule has 0 unspecified atom stereocenters. The number of nitrogens with zero attached hydrogens (tertiary/aromatic N) is 4. The van der Waals surface area contributed by atoms with Gasteiger partial charge in [-0.05, 0) is 61.9 Å². The van der Waals surface area contributed by atoms with Crippen LogP contribution in [-0.4, -0.2) is 55.3 Å². The van der Waals surface area contributed by atoms with E-state index in [9.17, 15) is 5.26 Å². The minimum atomic E-state index is 0.189. The Labute approximate surface area is 194 Å². The summed E-state index contributed by atoms with van der Waals surface area (Å²) in [5, 5.41) is 9.38. The molecule has 7 nitrogen and oxygen atoms in total. The molecule has 3 aromatic rings. The monoisotopic (exact) mass is 444 g/mol. The number of aromatic nitrogens is 2.